The van der Waals surface area contributed by atoms with Crippen molar-refractivity contribution in [1.29, 1.82) is 0 Å². The first-order valence-electron chi connectivity index (χ1n) is 9.64. The van der Waals surface area contributed by atoms with E-state index in [4.69, 9.17) is 0 Å². The molecule has 0 amide bonds. The van der Waals surface area contributed by atoms with Crippen LogP contribution >= 0.6 is 0 Å². The first-order chi connectivity index (χ1) is 12.1. The highest BCUT2D eigenvalue weighted by molar-refractivity contribution is 5.50. The van der Waals surface area contributed by atoms with Gasteiger partial charge in [0.1, 0.15) is 6.17 Å². The second kappa shape index (κ2) is 11.1. The third-order valence-electron chi connectivity index (χ3n) is 4.49. The molecule has 5 heteroatoms. The average molecular weight is 349 g/mol. The Balaban J connectivity index is 0.000000730. The fourth-order valence-corrected chi connectivity index (χ4v) is 3.07. The van der Waals surface area contributed by atoms with Gasteiger partial charge in [0.2, 0.25) is 0 Å². The molecule has 0 radical (unpaired) electrons. The van der Waals surface area contributed by atoms with Crippen LogP contribution in [0, 0.1) is 19.8 Å². The zero-order valence-corrected chi connectivity index (χ0v) is 16.7. The monoisotopic (exact) mass is 348 g/mol. The number of hydroxylamine groups is 1. The lowest BCUT2D eigenvalue weighted by molar-refractivity contribution is -0.0822. The molecule has 142 valence electrons. The van der Waals surface area contributed by atoms with Crippen molar-refractivity contribution >= 4 is 5.69 Å². The molecule has 25 heavy (non-hydrogen) atoms. The standard InChI is InChI=1S/C16H24N4O.2C2H6/c1-11-3-4-14(9-12(11)2)18-16-15(10-20(21)19-16)13-5-7-17-8-6-13;2*1-2/h3-4,9-10,13,16-19,21H,5-8H2,1-2H3;2*1-2H3. The summed E-state index contributed by atoms with van der Waals surface area (Å²) in [6.07, 6.45) is 4.01. The Morgan fingerprint density at radius 3 is 2.28 bits per heavy atom. The Morgan fingerprint density at radius 2 is 1.68 bits per heavy atom. The first kappa shape index (κ1) is 21.5. The molecule has 2 heterocycles. The van der Waals surface area contributed by atoms with E-state index in [9.17, 15) is 5.21 Å². The lowest BCUT2D eigenvalue weighted by Crippen LogP contribution is -2.41. The number of aryl methyl sites for hydroxylation is 2. The number of rotatable bonds is 3. The van der Waals surface area contributed by atoms with Gasteiger partial charge in [-0.15, -0.1) is 0 Å². The van der Waals surface area contributed by atoms with Crippen LogP contribution in [-0.4, -0.2) is 29.6 Å². The molecule has 4 N–H and O–H groups in total. The molecular formula is C20H36N4O. The molecule has 0 spiro atoms. The quantitative estimate of drug-likeness (QED) is 0.660. The van der Waals surface area contributed by atoms with Crippen LogP contribution in [-0.2, 0) is 0 Å². The van der Waals surface area contributed by atoms with E-state index in [2.05, 4.69) is 48.1 Å². The van der Waals surface area contributed by atoms with Gasteiger partial charge in [0.25, 0.3) is 0 Å². The molecule has 1 atom stereocenters. The number of hydrazine groups is 1. The minimum absolute atomic E-state index is 0.0415. The minimum Gasteiger partial charge on any atom is -0.365 e. The van der Waals surface area contributed by atoms with E-state index in [1.54, 1.807) is 0 Å². The van der Waals surface area contributed by atoms with Crippen LogP contribution in [0.3, 0.4) is 0 Å². The van der Waals surface area contributed by atoms with E-state index in [0.29, 0.717) is 5.92 Å². The number of anilines is 1. The molecule has 0 saturated carbocycles. The van der Waals surface area contributed by atoms with Gasteiger partial charge in [-0.25, -0.2) is 0 Å². The van der Waals surface area contributed by atoms with Crippen LogP contribution in [0.25, 0.3) is 0 Å². The maximum atomic E-state index is 9.77. The second-order valence-corrected chi connectivity index (χ2v) is 6.00. The zero-order valence-electron chi connectivity index (χ0n) is 16.7. The van der Waals surface area contributed by atoms with Crippen molar-refractivity contribution in [3.63, 3.8) is 0 Å². The summed E-state index contributed by atoms with van der Waals surface area (Å²) in [4.78, 5) is 0. The summed E-state index contributed by atoms with van der Waals surface area (Å²) in [5.41, 5.74) is 7.92. The third kappa shape index (κ3) is 6.03. The van der Waals surface area contributed by atoms with Crippen molar-refractivity contribution in [2.45, 2.75) is 60.5 Å². The summed E-state index contributed by atoms with van der Waals surface area (Å²) >= 11 is 0. The van der Waals surface area contributed by atoms with Crippen molar-refractivity contribution in [1.82, 2.24) is 15.9 Å². The molecule has 1 aromatic rings. The fraction of sp³-hybridized carbons (Fsp3) is 0.600. The molecule has 5 nitrogen and oxygen atoms in total. The Labute approximate surface area is 153 Å². The highest BCUT2D eigenvalue weighted by Crippen LogP contribution is 2.28. The largest absolute Gasteiger partial charge is 0.365 e. The minimum atomic E-state index is -0.0415. The predicted molar refractivity (Wildman–Crippen MR) is 106 cm³/mol. The fourth-order valence-electron chi connectivity index (χ4n) is 3.07. The van der Waals surface area contributed by atoms with E-state index in [-0.39, 0.29) is 6.17 Å². The smallest absolute Gasteiger partial charge is 0.121 e. The molecule has 1 saturated heterocycles. The lowest BCUT2D eigenvalue weighted by atomic mass is 9.89. The molecule has 2 aliphatic heterocycles. The number of piperidine rings is 1. The van der Waals surface area contributed by atoms with Gasteiger partial charge < -0.3 is 10.6 Å². The lowest BCUT2D eigenvalue weighted by Gasteiger charge is -2.28. The zero-order chi connectivity index (χ0) is 18.8. The van der Waals surface area contributed by atoms with Crippen molar-refractivity contribution in [2.24, 2.45) is 5.92 Å². The highest BCUT2D eigenvalue weighted by atomic mass is 16.5. The topological polar surface area (TPSA) is 59.6 Å². The molecule has 2 aliphatic rings. The number of nitrogens with zero attached hydrogens (tertiary/aromatic N) is 1. The van der Waals surface area contributed by atoms with Crippen LogP contribution in [0.5, 0.6) is 0 Å². The summed E-state index contributed by atoms with van der Waals surface area (Å²) in [7, 11) is 0. The maximum Gasteiger partial charge on any atom is 0.121 e. The molecule has 1 unspecified atom stereocenters. The number of hydrogen-bond donors (Lipinski definition) is 4. The number of nitrogens with one attached hydrogen (secondary N) is 3. The van der Waals surface area contributed by atoms with Crippen molar-refractivity contribution < 1.29 is 5.21 Å². The molecule has 0 bridgehead atoms. The molecule has 1 fully saturated rings. The van der Waals surface area contributed by atoms with Gasteiger partial charge in [0, 0.05) is 11.9 Å². The van der Waals surface area contributed by atoms with E-state index >= 15 is 0 Å². The SMILES string of the molecule is CC.CC.Cc1ccc(NC2NN(O)C=C2C2CCNCC2)cc1C. The molecule has 0 aliphatic carbocycles. The molecule has 0 aromatic heterocycles. The van der Waals surface area contributed by atoms with Gasteiger partial charge in [0.15, 0.2) is 0 Å². The van der Waals surface area contributed by atoms with Crippen molar-refractivity contribution in [3.8, 4) is 0 Å². The van der Waals surface area contributed by atoms with E-state index in [1.165, 1.54) is 16.7 Å². The molecule has 1 aromatic carbocycles. The Hall–Kier alpha value is -1.56. The Bertz CT molecular complexity index is 538. The number of benzene rings is 1. The maximum absolute atomic E-state index is 9.77. The normalized spacial score (nSPS) is 20.0. The van der Waals surface area contributed by atoms with Crippen molar-refractivity contribution in [2.75, 3.05) is 18.4 Å². The summed E-state index contributed by atoms with van der Waals surface area (Å²) in [6.45, 7) is 14.3. The van der Waals surface area contributed by atoms with Gasteiger partial charge in [-0.2, -0.15) is 10.6 Å². The van der Waals surface area contributed by atoms with E-state index < -0.39 is 0 Å². The van der Waals surface area contributed by atoms with E-state index in [0.717, 1.165) is 36.8 Å². The third-order valence-corrected chi connectivity index (χ3v) is 4.49. The summed E-state index contributed by atoms with van der Waals surface area (Å²) in [5, 5.41) is 17.7. The second-order valence-electron chi connectivity index (χ2n) is 6.00. The average Bonchev–Trinajstić information content (AvgIpc) is 3.02. The summed E-state index contributed by atoms with van der Waals surface area (Å²) in [5.74, 6) is 0.514. The van der Waals surface area contributed by atoms with Crippen LogP contribution in [0.4, 0.5) is 5.69 Å². The van der Waals surface area contributed by atoms with Gasteiger partial charge >= 0.3 is 0 Å². The summed E-state index contributed by atoms with van der Waals surface area (Å²) < 4.78 is 0. The van der Waals surface area contributed by atoms with Gasteiger partial charge in [0.05, 0.1) is 0 Å². The van der Waals surface area contributed by atoms with E-state index in [1.807, 2.05) is 33.9 Å². The van der Waals surface area contributed by atoms with Crippen molar-refractivity contribution in [3.05, 3.63) is 41.1 Å². The Morgan fingerprint density at radius 1 is 1.04 bits per heavy atom. The van der Waals surface area contributed by atoms with Crippen LogP contribution in [0.1, 0.15) is 51.7 Å². The molecular weight excluding hydrogens is 312 g/mol. The van der Waals surface area contributed by atoms with Crippen LogP contribution in [0.15, 0.2) is 30.0 Å². The van der Waals surface area contributed by atoms with Gasteiger partial charge in [-0.05, 0) is 74.5 Å². The number of hydrogen-bond acceptors (Lipinski definition) is 5. The van der Waals surface area contributed by atoms with Crippen LogP contribution < -0.4 is 16.1 Å². The first-order valence-corrected chi connectivity index (χ1v) is 9.64. The highest BCUT2D eigenvalue weighted by Gasteiger charge is 2.30. The molecule has 3 rings (SSSR count). The van der Waals surface area contributed by atoms with Gasteiger partial charge in [-0.1, -0.05) is 33.8 Å². The summed E-state index contributed by atoms with van der Waals surface area (Å²) in [6, 6.07) is 6.36. The van der Waals surface area contributed by atoms with Gasteiger partial charge in [-0.3, -0.25) is 5.21 Å². The Kier molecular flexibility index (Phi) is 9.57. The predicted octanol–water partition coefficient (Wildman–Crippen LogP) is 4.19. The van der Waals surface area contributed by atoms with Crippen LogP contribution in [0.2, 0.25) is 0 Å².